The van der Waals surface area contributed by atoms with Crippen LogP contribution in [0, 0.1) is 20.8 Å². The molecule has 0 aliphatic carbocycles. The second-order valence-corrected chi connectivity index (χ2v) is 6.54. The van der Waals surface area contributed by atoms with Crippen LogP contribution in [0.15, 0.2) is 11.4 Å². The second kappa shape index (κ2) is 5.29. The van der Waals surface area contributed by atoms with Gasteiger partial charge in [0.25, 0.3) is 0 Å². The van der Waals surface area contributed by atoms with Crippen LogP contribution in [0.2, 0.25) is 0 Å². The highest BCUT2D eigenvalue weighted by Gasteiger charge is 2.19. The number of rotatable bonds is 4. The molecule has 4 heteroatoms. The van der Waals surface area contributed by atoms with Gasteiger partial charge < -0.3 is 5.32 Å². The number of thiazole rings is 1. The van der Waals surface area contributed by atoms with E-state index in [4.69, 9.17) is 0 Å². The second-order valence-electron chi connectivity index (χ2n) is 4.19. The number of hydrogen-bond donors (Lipinski definition) is 1. The van der Waals surface area contributed by atoms with E-state index in [1.807, 2.05) is 11.3 Å². The summed E-state index contributed by atoms with van der Waals surface area (Å²) in [6.07, 6.45) is 0. The highest BCUT2D eigenvalue weighted by atomic mass is 32.1. The lowest BCUT2D eigenvalue weighted by molar-refractivity contribution is 0.625. The van der Waals surface area contributed by atoms with E-state index in [-0.39, 0.29) is 6.04 Å². The summed E-state index contributed by atoms with van der Waals surface area (Å²) in [7, 11) is 0. The number of nitrogens with zero attached hydrogens (tertiary/aromatic N) is 1. The van der Waals surface area contributed by atoms with Crippen molar-refractivity contribution in [2.75, 3.05) is 6.54 Å². The molecule has 0 aliphatic rings. The zero-order valence-electron chi connectivity index (χ0n) is 10.7. The molecule has 1 atom stereocenters. The van der Waals surface area contributed by atoms with Gasteiger partial charge in [0.2, 0.25) is 0 Å². The van der Waals surface area contributed by atoms with Crippen molar-refractivity contribution < 1.29 is 0 Å². The minimum Gasteiger partial charge on any atom is -0.305 e. The Labute approximate surface area is 111 Å². The largest absolute Gasteiger partial charge is 0.305 e. The third kappa shape index (κ3) is 2.76. The van der Waals surface area contributed by atoms with Gasteiger partial charge >= 0.3 is 0 Å². The van der Waals surface area contributed by atoms with Gasteiger partial charge in [0, 0.05) is 20.8 Å². The normalized spacial score (nSPS) is 12.9. The predicted octanol–water partition coefficient (Wildman–Crippen LogP) is 3.83. The van der Waals surface area contributed by atoms with E-state index in [0.29, 0.717) is 0 Å². The maximum atomic E-state index is 4.62. The van der Waals surface area contributed by atoms with Crippen LogP contribution in [0.5, 0.6) is 0 Å². The Kier molecular flexibility index (Phi) is 3.97. The third-order valence-electron chi connectivity index (χ3n) is 2.68. The van der Waals surface area contributed by atoms with E-state index in [2.05, 4.69) is 49.4 Å². The number of nitrogens with one attached hydrogen (secondary N) is 1. The van der Waals surface area contributed by atoms with E-state index >= 15 is 0 Å². The van der Waals surface area contributed by atoms with Crippen molar-refractivity contribution >= 4 is 22.7 Å². The Bertz CT molecular complexity index is 499. The van der Waals surface area contributed by atoms with Crippen molar-refractivity contribution in [3.05, 3.63) is 37.5 Å². The molecule has 0 fully saturated rings. The molecule has 2 rings (SSSR count). The van der Waals surface area contributed by atoms with Gasteiger partial charge in [-0.25, -0.2) is 4.98 Å². The average Bonchev–Trinajstić information content (AvgIpc) is 2.82. The Morgan fingerprint density at radius 3 is 2.59 bits per heavy atom. The van der Waals surface area contributed by atoms with Crippen LogP contribution >= 0.6 is 22.7 Å². The molecule has 2 aromatic rings. The fraction of sp³-hybridized carbons (Fsp3) is 0.462. The fourth-order valence-electron chi connectivity index (χ4n) is 1.98. The first-order chi connectivity index (χ1) is 8.11. The van der Waals surface area contributed by atoms with Crippen molar-refractivity contribution in [1.29, 1.82) is 0 Å². The van der Waals surface area contributed by atoms with Crippen molar-refractivity contribution in [3.8, 4) is 0 Å². The molecule has 1 N–H and O–H groups in total. The van der Waals surface area contributed by atoms with Crippen LogP contribution in [0.3, 0.4) is 0 Å². The molecule has 0 aromatic carbocycles. The third-order valence-corrected chi connectivity index (χ3v) is 4.69. The summed E-state index contributed by atoms with van der Waals surface area (Å²) < 4.78 is 0. The van der Waals surface area contributed by atoms with Gasteiger partial charge in [-0.1, -0.05) is 6.92 Å². The smallest absolute Gasteiger partial charge is 0.114 e. The number of aromatic nitrogens is 1. The van der Waals surface area contributed by atoms with E-state index < -0.39 is 0 Å². The maximum absolute atomic E-state index is 4.62. The molecular formula is C13H18N2S2. The number of thiophene rings is 1. The van der Waals surface area contributed by atoms with E-state index in [1.54, 1.807) is 11.3 Å². The summed E-state index contributed by atoms with van der Waals surface area (Å²) in [4.78, 5) is 7.38. The number of aryl methyl sites for hydroxylation is 3. The van der Waals surface area contributed by atoms with Crippen molar-refractivity contribution in [3.63, 3.8) is 0 Å². The lowest BCUT2D eigenvalue weighted by atomic mass is 10.1. The quantitative estimate of drug-likeness (QED) is 0.909. The lowest BCUT2D eigenvalue weighted by Gasteiger charge is -2.15. The van der Waals surface area contributed by atoms with Crippen molar-refractivity contribution in [1.82, 2.24) is 10.3 Å². The first-order valence-corrected chi connectivity index (χ1v) is 7.53. The van der Waals surface area contributed by atoms with Crippen LogP contribution < -0.4 is 5.32 Å². The molecule has 0 saturated heterocycles. The molecule has 0 amide bonds. The van der Waals surface area contributed by atoms with E-state index in [1.165, 1.54) is 20.3 Å². The monoisotopic (exact) mass is 266 g/mol. The van der Waals surface area contributed by atoms with Gasteiger partial charge in [-0.3, -0.25) is 0 Å². The summed E-state index contributed by atoms with van der Waals surface area (Å²) in [5.41, 5.74) is 2.49. The average molecular weight is 266 g/mol. The SMILES string of the molecule is CCNC(c1nc(C)cs1)c1cc(C)sc1C. The molecule has 2 nitrogen and oxygen atoms in total. The van der Waals surface area contributed by atoms with Gasteiger partial charge in [-0.05, 0) is 38.9 Å². The molecule has 0 spiro atoms. The summed E-state index contributed by atoms with van der Waals surface area (Å²) in [6.45, 7) is 9.50. The first-order valence-electron chi connectivity index (χ1n) is 5.84. The molecule has 0 saturated carbocycles. The van der Waals surface area contributed by atoms with E-state index in [0.717, 1.165) is 12.2 Å². The Hall–Kier alpha value is -0.710. The van der Waals surface area contributed by atoms with Gasteiger partial charge in [0.05, 0.1) is 6.04 Å². The van der Waals surface area contributed by atoms with Crippen LogP contribution in [0.25, 0.3) is 0 Å². The molecule has 1 unspecified atom stereocenters. The van der Waals surface area contributed by atoms with Gasteiger partial charge in [0.15, 0.2) is 0 Å². The molecule has 2 aromatic heterocycles. The van der Waals surface area contributed by atoms with Crippen LogP contribution in [-0.2, 0) is 0 Å². The molecule has 0 radical (unpaired) electrons. The highest BCUT2D eigenvalue weighted by molar-refractivity contribution is 7.12. The molecule has 0 bridgehead atoms. The lowest BCUT2D eigenvalue weighted by Crippen LogP contribution is -2.22. The Balaban J connectivity index is 2.38. The topological polar surface area (TPSA) is 24.9 Å². The van der Waals surface area contributed by atoms with Crippen molar-refractivity contribution in [2.24, 2.45) is 0 Å². The van der Waals surface area contributed by atoms with Crippen LogP contribution in [0.1, 0.15) is 39.0 Å². The number of hydrogen-bond acceptors (Lipinski definition) is 4. The van der Waals surface area contributed by atoms with Gasteiger partial charge in [-0.2, -0.15) is 0 Å². The Morgan fingerprint density at radius 2 is 2.12 bits per heavy atom. The summed E-state index contributed by atoms with van der Waals surface area (Å²) in [6, 6.07) is 2.54. The molecule has 2 heterocycles. The highest BCUT2D eigenvalue weighted by Crippen LogP contribution is 2.31. The Morgan fingerprint density at radius 1 is 1.35 bits per heavy atom. The zero-order chi connectivity index (χ0) is 12.4. The summed E-state index contributed by atoms with van der Waals surface area (Å²) in [5, 5.41) is 6.83. The minimum absolute atomic E-state index is 0.253. The predicted molar refractivity (Wildman–Crippen MR) is 76.2 cm³/mol. The maximum Gasteiger partial charge on any atom is 0.114 e. The summed E-state index contributed by atoms with van der Waals surface area (Å²) in [5.74, 6) is 0. The van der Waals surface area contributed by atoms with Gasteiger partial charge in [-0.15, -0.1) is 22.7 Å². The molecule has 92 valence electrons. The standard InChI is InChI=1S/C13H18N2S2/c1-5-14-12(13-15-8(2)7-16-13)11-6-9(3)17-10(11)4/h6-7,12,14H,5H2,1-4H3. The zero-order valence-corrected chi connectivity index (χ0v) is 12.3. The van der Waals surface area contributed by atoms with Crippen molar-refractivity contribution in [2.45, 2.75) is 33.7 Å². The molecular weight excluding hydrogens is 248 g/mol. The van der Waals surface area contributed by atoms with E-state index in [9.17, 15) is 0 Å². The molecule has 0 aliphatic heterocycles. The van der Waals surface area contributed by atoms with Crippen LogP contribution in [0.4, 0.5) is 0 Å². The van der Waals surface area contributed by atoms with Crippen LogP contribution in [-0.4, -0.2) is 11.5 Å². The summed E-state index contributed by atoms with van der Waals surface area (Å²) >= 11 is 3.60. The molecule has 17 heavy (non-hydrogen) atoms. The van der Waals surface area contributed by atoms with Gasteiger partial charge in [0.1, 0.15) is 5.01 Å². The minimum atomic E-state index is 0.253. The fourth-order valence-corrected chi connectivity index (χ4v) is 3.83. The first kappa shape index (κ1) is 12.7.